The Kier molecular flexibility index (Phi) is 4.39. The molecule has 0 spiro atoms. The highest BCUT2D eigenvalue weighted by molar-refractivity contribution is 7.92. The van der Waals surface area contributed by atoms with Crippen molar-refractivity contribution in [2.45, 2.75) is 32.6 Å². The molecular formula is C19H21N3O2S. The molecule has 0 amide bonds. The van der Waals surface area contributed by atoms with Gasteiger partial charge in [-0.1, -0.05) is 35.4 Å². The highest BCUT2D eigenvalue weighted by Gasteiger charge is 2.25. The molecule has 2 aromatic carbocycles. The van der Waals surface area contributed by atoms with Gasteiger partial charge in [-0.15, -0.1) is 0 Å². The Morgan fingerprint density at radius 3 is 1.92 bits per heavy atom. The fourth-order valence-corrected chi connectivity index (χ4v) is 4.24. The van der Waals surface area contributed by atoms with Crippen molar-refractivity contribution in [3.05, 3.63) is 71.0 Å². The summed E-state index contributed by atoms with van der Waals surface area (Å²) in [4.78, 5) is 0.216. The zero-order chi connectivity index (χ0) is 18.2. The molecule has 0 unspecified atom stereocenters. The van der Waals surface area contributed by atoms with Gasteiger partial charge in [-0.25, -0.2) is 13.1 Å². The number of nitrogens with zero attached hydrogens (tertiary/aromatic N) is 2. The Morgan fingerprint density at radius 1 is 0.840 bits per heavy atom. The fraction of sp³-hybridized carbons (Fsp3) is 0.211. The Morgan fingerprint density at radius 2 is 1.36 bits per heavy atom. The Bertz CT molecular complexity index is 1000. The molecule has 0 bridgehead atoms. The molecule has 5 nitrogen and oxygen atoms in total. The highest BCUT2D eigenvalue weighted by atomic mass is 32.2. The van der Waals surface area contributed by atoms with Gasteiger partial charge in [0.1, 0.15) is 4.90 Å². The molecule has 1 N–H and O–H groups in total. The third-order valence-corrected chi connectivity index (χ3v) is 5.71. The van der Waals surface area contributed by atoms with Gasteiger partial charge in [0.15, 0.2) is 0 Å². The van der Waals surface area contributed by atoms with E-state index in [9.17, 15) is 8.42 Å². The molecule has 0 aliphatic heterocycles. The average molecular weight is 355 g/mol. The van der Waals surface area contributed by atoms with Crippen molar-refractivity contribution in [2.75, 3.05) is 4.72 Å². The van der Waals surface area contributed by atoms with Gasteiger partial charge in [0.2, 0.25) is 0 Å². The van der Waals surface area contributed by atoms with Crippen molar-refractivity contribution < 1.29 is 8.42 Å². The molecule has 0 saturated heterocycles. The Hall–Kier alpha value is -2.60. The maximum Gasteiger partial charge on any atom is 0.265 e. The van der Waals surface area contributed by atoms with Gasteiger partial charge in [-0.05, 0) is 52.0 Å². The predicted molar refractivity (Wildman–Crippen MR) is 99.8 cm³/mol. The van der Waals surface area contributed by atoms with Crippen molar-refractivity contribution in [3.8, 4) is 5.69 Å². The highest BCUT2D eigenvalue weighted by Crippen LogP contribution is 2.25. The molecule has 25 heavy (non-hydrogen) atoms. The van der Waals surface area contributed by atoms with Crippen LogP contribution in [0.1, 0.15) is 22.5 Å². The van der Waals surface area contributed by atoms with Crippen LogP contribution in [0.25, 0.3) is 5.69 Å². The second-order valence-electron chi connectivity index (χ2n) is 6.22. The van der Waals surface area contributed by atoms with Crippen molar-refractivity contribution in [1.82, 2.24) is 9.78 Å². The van der Waals surface area contributed by atoms with Crippen LogP contribution in [0.3, 0.4) is 0 Å². The zero-order valence-electron chi connectivity index (χ0n) is 14.7. The molecule has 0 aliphatic rings. The van der Waals surface area contributed by atoms with Gasteiger partial charge in [-0.3, -0.25) is 4.72 Å². The molecule has 3 rings (SSSR count). The SMILES string of the molecule is Cc1ccc(NS(=O)(=O)c2c(C)nn(-c3ccc(C)cc3)c2C)cc1. The largest absolute Gasteiger partial charge is 0.280 e. The summed E-state index contributed by atoms with van der Waals surface area (Å²) >= 11 is 0. The van der Waals surface area contributed by atoms with E-state index in [0.717, 1.165) is 16.8 Å². The first-order chi connectivity index (χ1) is 11.8. The minimum absolute atomic E-state index is 0.216. The third-order valence-electron chi connectivity index (χ3n) is 4.08. The molecule has 1 heterocycles. The van der Waals surface area contributed by atoms with Crippen LogP contribution < -0.4 is 4.72 Å². The number of anilines is 1. The quantitative estimate of drug-likeness (QED) is 0.772. The van der Waals surface area contributed by atoms with Crippen LogP contribution in [-0.2, 0) is 10.0 Å². The molecule has 0 aliphatic carbocycles. The lowest BCUT2D eigenvalue weighted by atomic mass is 10.2. The summed E-state index contributed by atoms with van der Waals surface area (Å²) in [5, 5.41) is 4.43. The zero-order valence-corrected chi connectivity index (χ0v) is 15.6. The average Bonchev–Trinajstić information content (AvgIpc) is 2.85. The van der Waals surface area contributed by atoms with Crippen LogP contribution in [0.15, 0.2) is 53.4 Å². The monoisotopic (exact) mass is 355 g/mol. The van der Waals surface area contributed by atoms with Crippen LogP contribution in [0, 0.1) is 27.7 Å². The van der Waals surface area contributed by atoms with Crippen molar-refractivity contribution in [2.24, 2.45) is 0 Å². The molecule has 0 atom stereocenters. The minimum Gasteiger partial charge on any atom is -0.280 e. The lowest BCUT2D eigenvalue weighted by Gasteiger charge is -2.09. The van der Waals surface area contributed by atoms with Gasteiger partial charge in [0.25, 0.3) is 10.0 Å². The summed E-state index contributed by atoms with van der Waals surface area (Å²) in [6, 6.07) is 15.1. The molecule has 3 aromatic rings. The van der Waals surface area contributed by atoms with Gasteiger partial charge in [0, 0.05) is 5.69 Å². The summed E-state index contributed by atoms with van der Waals surface area (Å²) in [6.45, 7) is 7.44. The Labute approximate surface area is 148 Å². The first-order valence-corrected chi connectivity index (χ1v) is 9.49. The van der Waals surface area contributed by atoms with E-state index in [1.165, 1.54) is 0 Å². The lowest BCUT2D eigenvalue weighted by Crippen LogP contribution is -2.15. The van der Waals surface area contributed by atoms with Crippen LogP contribution >= 0.6 is 0 Å². The Balaban J connectivity index is 2.02. The molecule has 0 fully saturated rings. The summed E-state index contributed by atoms with van der Waals surface area (Å²) in [6.07, 6.45) is 0. The van der Waals surface area contributed by atoms with Crippen molar-refractivity contribution >= 4 is 15.7 Å². The molecular weight excluding hydrogens is 334 g/mol. The lowest BCUT2D eigenvalue weighted by molar-refractivity contribution is 0.600. The molecule has 1 aromatic heterocycles. The van der Waals surface area contributed by atoms with Gasteiger partial charge >= 0.3 is 0 Å². The van der Waals surface area contributed by atoms with E-state index in [1.54, 1.807) is 30.7 Å². The predicted octanol–water partition coefficient (Wildman–Crippen LogP) is 3.91. The van der Waals surface area contributed by atoms with E-state index in [4.69, 9.17) is 0 Å². The van der Waals surface area contributed by atoms with E-state index < -0.39 is 10.0 Å². The standard InChI is InChI=1S/C19H21N3O2S/c1-13-5-9-17(10-6-13)21-25(23,24)19-15(3)20-22(16(19)4)18-11-7-14(2)8-12-18/h5-12,21H,1-4H3. The second kappa shape index (κ2) is 6.37. The van der Waals surface area contributed by atoms with Crippen LogP contribution in [0.2, 0.25) is 0 Å². The summed E-state index contributed by atoms with van der Waals surface area (Å²) < 4.78 is 30.0. The second-order valence-corrected chi connectivity index (χ2v) is 7.84. The van der Waals surface area contributed by atoms with Crippen LogP contribution in [0.4, 0.5) is 5.69 Å². The number of aromatic nitrogens is 2. The maximum atomic E-state index is 12.9. The summed E-state index contributed by atoms with van der Waals surface area (Å²) in [5.41, 5.74) is 4.63. The van der Waals surface area contributed by atoms with Crippen LogP contribution in [0.5, 0.6) is 0 Å². The first kappa shape index (κ1) is 17.2. The smallest absolute Gasteiger partial charge is 0.265 e. The number of aryl methyl sites for hydroxylation is 3. The summed E-state index contributed by atoms with van der Waals surface area (Å²) in [5.74, 6) is 0. The molecule has 6 heteroatoms. The number of rotatable bonds is 4. The van der Waals surface area contributed by atoms with Crippen molar-refractivity contribution in [3.63, 3.8) is 0 Å². The van der Waals surface area contributed by atoms with Gasteiger partial charge in [0.05, 0.1) is 17.1 Å². The fourth-order valence-electron chi connectivity index (χ4n) is 2.78. The van der Waals surface area contributed by atoms with E-state index in [1.807, 2.05) is 50.2 Å². The number of nitrogens with one attached hydrogen (secondary N) is 1. The van der Waals surface area contributed by atoms with E-state index >= 15 is 0 Å². The van der Waals surface area contributed by atoms with Crippen LogP contribution in [-0.4, -0.2) is 18.2 Å². The van der Waals surface area contributed by atoms with E-state index in [2.05, 4.69) is 9.82 Å². The maximum absolute atomic E-state index is 12.9. The number of sulfonamides is 1. The molecule has 0 saturated carbocycles. The van der Waals surface area contributed by atoms with Gasteiger partial charge in [-0.2, -0.15) is 5.10 Å². The van der Waals surface area contributed by atoms with E-state index in [0.29, 0.717) is 17.1 Å². The minimum atomic E-state index is -3.72. The third kappa shape index (κ3) is 3.44. The van der Waals surface area contributed by atoms with Gasteiger partial charge < -0.3 is 0 Å². The molecule has 130 valence electrons. The van der Waals surface area contributed by atoms with E-state index in [-0.39, 0.29) is 4.90 Å². The normalized spacial score (nSPS) is 11.5. The first-order valence-electron chi connectivity index (χ1n) is 8.01. The number of benzene rings is 2. The number of hydrogen-bond acceptors (Lipinski definition) is 3. The molecule has 0 radical (unpaired) electrons. The van der Waals surface area contributed by atoms with Crippen molar-refractivity contribution in [1.29, 1.82) is 0 Å². The topological polar surface area (TPSA) is 64.0 Å². The number of hydrogen-bond donors (Lipinski definition) is 1. The summed E-state index contributed by atoms with van der Waals surface area (Å²) in [7, 11) is -3.72.